The molecule has 1 unspecified atom stereocenters. The molecule has 1 atom stereocenters. The summed E-state index contributed by atoms with van der Waals surface area (Å²) in [4.78, 5) is 5.16. The SMILES string of the molecule is COc1ccc(OCCN2CCCC(N3CCc4cc(OC)c(OC)cc4C3)C2)cc1OC. The Balaban J connectivity index is 1.31. The lowest BCUT2D eigenvalue weighted by Gasteiger charge is -2.41. The summed E-state index contributed by atoms with van der Waals surface area (Å²) in [5, 5.41) is 0. The van der Waals surface area contributed by atoms with Crippen molar-refractivity contribution >= 4 is 0 Å². The molecule has 180 valence electrons. The van der Waals surface area contributed by atoms with Gasteiger partial charge in [-0.15, -0.1) is 0 Å². The van der Waals surface area contributed by atoms with Crippen molar-refractivity contribution < 1.29 is 23.7 Å². The van der Waals surface area contributed by atoms with E-state index in [1.165, 1.54) is 24.0 Å². The first kappa shape index (κ1) is 23.5. The fourth-order valence-corrected chi connectivity index (χ4v) is 4.95. The van der Waals surface area contributed by atoms with Crippen LogP contribution in [0.5, 0.6) is 28.7 Å². The number of piperidine rings is 1. The maximum Gasteiger partial charge on any atom is 0.164 e. The molecule has 0 aliphatic carbocycles. The van der Waals surface area contributed by atoms with Gasteiger partial charge < -0.3 is 23.7 Å². The maximum atomic E-state index is 6.01. The molecule has 33 heavy (non-hydrogen) atoms. The lowest BCUT2D eigenvalue weighted by Crippen LogP contribution is -2.50. The van der Waals surface area contributed by atoms with Gasteiger partial charge in [0.2, 0.25) is 0 Å². The van der Waals surface area contributed by atoms with Gasteiger partial charge in [0.1, 0.15) is 12.4 Å². The third-order valence-corrected chi connectivity index (χ3v) is 6.78. The summed E-state index contributed by atoms with van der Waals surface area (Å²) in [5.74, 6) is 3.84. The van der Waals surface area contributed by atoms with E-state index >= 15 is 0 Å². The number of hydrogen-bond acceptors (Lipinski definition) is 7. The minimum Gasteiger partial charge on any atom is -0.493 e. The highest BCUT2D eigenvalue weighted by molar-refractivity contribution is 5.48. The van der Waals surface area contributed by atoms with Crippen LogP contribution in [-0.4, -0.2) is 77.1 Å². The number of benzene rings is 2. The average molecular weight is 457 g/mol. The van der Waals surface area contributed by atoms with Gasteiger partial charge in [-0.05, 0) is 61.2 Å². The van der Waals surface area contributed by atoms with Crippen LogP contribution in [0.1, 0.15) is 24.0 Å². The van der Waals surface area contributed by atoms with Gasteiger partial charge in [0, 0.05) is 38.3 Å². The number of fused-ring (bicyclic) bond motifs is 1. The van der Waals surface area contributed by atoms with E-state index in [0.717, 1.165) is 56.4 Å². The number of methoxy groups -OCH3 is 4. The van der Waals surface area contributed by atoms with Gasteiger partial charge in [0.15, 0.2) is 23.0 Å². The summed E-state index contributed by atoms with van der Waals surface area (Å²) in [5.41, 5.74) is 2.73. The second kappa shape index (κ2) is 11.0. The Morgan fingerprint density at radius 2 is 1.52 bits per heavy atom. The highest BCUT2D eigenvalue weighted by Crippen LogP contribution is 2.34. The lowest BCUT2D eigenvalue weighted by atomic mass is 9.95. The number of ether oxygens (including phenoxy) is 5. The Hall–Kier alpha value is -2.64. The highest BCUT2D eigenvalue weighted by Gasteiger charge is 2.28. The molecule has 7 nitrogen and oxygen atoms in total. The van der Waals surface area contributed by atoms with E-state index in [2.05, 4.69) is 21.9 Å². The summed E-state index contributed by atoms with van der Waals surface area (Å²) < 4.78 is 27.7. The van der Waals surface area contributed by atoms with E-state index in [1.54, 1.807) is 28.4 Å². The van der Waals surface area contributed by atoms with Gasteiger partial charge in [-0.2, -0.15) is 0 Å². The zero-order valence-electron chi connectivity index (χ0n) is 20.3. The molecule has 4 rings (SSSR count). The van der Waals surface area contributed by atoms with Gasteiger partial charge >= 0.3 is 0 Å². The maximum absolute atomic E-state index is 6.01. The molecular formula is C26H36N2O5. The minimum absolute atomic E-state index is 0.570. The zero-order valence-corrected chi connectivity index (χ0v) is 20.3. The molecule has 2 aromatic carbocycles. The number of hydrogen-bond donors (Lipinski definition) is 0. The Morgan fingerprint density at radius 1 is 0.818 bits per heavy atom. The van der Waals surface area contributed by atoms with Gasteiger partial charge in [0.05, 0.1) is 28.4 Å². The molecule has 0 N–H and O–H groups in total. The van der Waals surface area contributed by atoms with Crippen LogP contribution >= 0.6 is 0 Å². The van der Waals surface area contributed by atoms with Gasteiger partial charge in [-0.1, -0.05) is 0 Å². The molecule has 7 heteroatoms. The van der Waals surface area contributed by atoms with Crippen LogP contribution in [0, 0.1) is 0 Å². The minimum atomic E-state index is 0.570. The van der Waals surface area contributed by atoms with Gasteiger partial charge in [-0.3, -0.25) is 9.80 Å². The molecular weight excluding hydrogens is 420 g/mol. The molecule has 0 aromatic heterocycles. The van der Waals surface area contributed by atoms with Crippen molar-refractivity contribution in [2.24, 2.45) is 0 Å². The van der Waals surface area contributed by atoms with Crippen molar-refractivity contribution in [1.82, 2.24) is 9.80 Å². The van der Waals surface area contributed by atoms with Gasteiger partial charge in [0.25, 0.3) is 0 Å². The number of nitrogens with zero attached hydrogens (tertiary/aromatic N) is 2. The second-order valence-electron chi connectivity index (χ2n) is 8.66. The molecule has 0 radical (unpaired) electrons. The number of likely N-dealkylation sites (tertiary alicyclic amines) is 1. The molecule has 0 amide bonds. The largest absolute Gasteiger partial charge is 0.493 e. The predicted molar refractivity (Wildman–Crippen MR) is 128 cm³/mol. The van der Waals surface area contributed by atoms with Crippen molar-refractivity contribution in [3.8, 4) is 28.7 Å². The smallest absolute Gasteiger partial charge is 0.164 e. The third-order valence-electron chi connectivity index (χ3n) is 6.78. The van der Waals surface area contributed by atoms with Crippen molar-refractivity contribution in [3.63, 3.8) is 0 Å². The first-order valence-corrected chi connectivity index (χ1v) is 11.7. The van der Waals surface area contributed by atoms with E-state index in [4.69, 9.17) is 23.7 Å². The topological polar surface area (TPSA) is 52.6 Å². The van der Waals surface area contributed by atoms with E-state index in [0.29, 0.717) is 24.1 Å². The summed E-state index contributed by atoms with van der Waals surface area (Å²) in [6, 6.07) is 10.5. The summed E-state index contributed by atoms with van der Waals surface area (Å²) >= 11 is 0. The highest BCUT2D eigenvalue weighted by atomic mass is 16.5. The van der Waals surface area contributed by atoms with Crippen LogP contribution in [0.2, 0.25) is 0 Å². The normalized spacial score (nSPS) is 19.0. The number of rotatable bonds is 9. The molecule has 0 spiro atoms. The van der Waals surface area contributed by atoms with Crippen LogP contribution in [-0.2, 0) is 13.0 Å². The first-order valence-electron chi connectivity index (χ1n) is 11.7. The van der Waals surface area contributed by atoms with Crippen LogP contribution in [0.4, 0.5) is 0 Å². The standard InChI is InChI=1S/C26H36N2O5/c1-29-23-8-7-22(16-26(23)32-4)33-13-12-27-10-5-6-21(18-27)28-11-9-19-14-24(30-2)25(31-3)15-20(19)17-28/h7-8,14-16,21H,5-6,9-13,17-18H2,1-4H3. The molecule has 1 fully saturated rings. The van der Waals surface area contributed by atoms with E-state index in [-0.39, 0.29) is 0 Å². The lowest BCUT2D eigenvalue weighted by molar-refractivity contribution is 0.0793. The third kappa shape index (κ3) is 5.47. The van der Waals surface area contributed by atoms with Crippen LogP contribution < -0.4 is 23.7 Å². The molecule has 2 heterocycles. The molecule has 2 aliphatic heterocycles. The summed E-state index contributed by atoms with van der Waals surface area (Å²) in [6.45, 7) is 5.83. The molecule has 2 aliphatic rings. The molecule has 0 bridgehead atoms. The molecule has 0 saturated carbocycles. The summed E-state index contributed by atoms with van der Waals surface area (Å²) in [6.07, 6.45) is 3.51. The fourth-order valence-electron chi connectivity index (χ4n) is 4.95. The van der Waals surface area contributed by atoms with Crippen molar-refractivity contribution in [2.45, 2.75) is 31.8 Å². The van der Waals surface area contributed by atoms with Crippen molar-refractivity contribution in [3.05, 3.63) is 41.5 Å². The Kier molecular flexibility index (Phi) is 7.83. The molecule has 1 saturated heterocycles. The second-order valence-corrected chi connectivity index (χ2v) is 8.66. The van der Waals surface area contributed by atoms with Gasteiger partial charge in [-0.25, -0.2) is 0 Å². The fraction of sp³-hybridized carbons (Fsp3) is 0.538. The summed E-state index contributed by atoms with van der Waals surface area (Å²) in [7, 11) is 6.68. The van der Waals surface area contributed by atoms with Crippen LogP contribution in [0.25, 0.3) is 0 Å². The zero-order chi connectivity index (χ0) is 23.2. The van der Waals surface area contributed by atoms with Crippen molar-refractivity contribution in [1.29, 1.82) is 0 Å². The quantitative estimate of drug-likeness (QED) is 0.571. The van der Waals surface area contributed by atoms with E-state index < -0.39 is 0 Å². The van der Waals surface area contributed by atoms with Crippen LogP contribution in [0.15, 0.2) is 30.3 Å². The Morgan fingerprint density at radius 3 is 2.24 bits per heavy atom. The Labute approximate surface area is 197 Å². The van der Waals surface area contributed by atoms with Crippen LogP contribution in [0.3, 0.4) is 0 Å². The monoisotopic (exact) mass is 456 g/mol. The average Bonchev–Trinajstić information content (AvgIpc) is 2.87. The van der Waals surface area contributed by atoms with Crippen molar-refractivity contribution in [2.75, 3.05) is 61.2 Å². The van der Waals surface area contributed by atoms with E-state index in [1.807, 2.05) is 18.2 Å². The van der Waals surface area contributed by atoms with E-state index in [9.17, 15) is 0 Å². The molecule has 2 aromatic rings. The first-order chi connectivity index (χ1) is 16.1. The Bertz CT molecular complexity index is 935. The predicted octanol–water partition coefficient (Wildman–Crippen LogP) is 3.62.